The van der Waals surface area contributed by atoms with Gasteiger partial charge in [-0.1, -0.05) is 80.9 Å². The first kappa shape index (κ1) is 106. The third kappa shape index (κ3) is 24.9. The van der Waals surface area contributed by atoms with Crippen molar-refractivity contribution in [1.29, 1.82) is 5.41 Å². The predicted octanol–water partition coefficient (Wildman–Crippen LogP) is 6.23. The monoisotopic (exact) mass is 2050 g/mol. The van der Waals surface area contributed by atoms with Gasteiger partial charge in [0.1, 0.15) is 114 Å². The van der Waals surface area contributed by atoms with Crippen LogP contribution >= 0.6 is 58.4 Å². The standard InChI is InChI=1S/C80H96Cl2N15O37P3S/c1-30(2)16-40(85-5)70(111)95-56-59(104)32-7-10-44(38(81)18-32)128-46-20-34-21-47(65(46)132-79-63(108)62(107)61(106)48(25-98)131-79)129-45-11-8-33(19-39(45)82)60(105)57-75(116)94-55(37-22-35(99)23-43(101)52(37)36-17-31(6-9-42(36)100)53(72(113)96-57)93-73(114)54(34)92-71(112)41(24-50(83)102)91-74(56)115)78(118)138-15-14-86-51(103)12-13-87-76(117)67(110)80(3,4)27-127-137(124,125)134-136(122,123)126-26-49-66(133-135(119,120)121)64(109)77(130-49)97-29-90-58-68(84)88-28-89-69(58)97/h6-11,17-23,28-30,40-41,48-49,53-57,59-64,66-67,77,79,85,98-101,104-110H,12-16,24-27H2,1-5H3,(H2,83,102)(H,86,103)(H,87,117)(H,91,115)(H,92,112)(H,93,114)(H,94,116)(H,95,111)(H,96,113)(H,122,123)(H,124,125)(H2,84,88,89)(H2,119,120,121). The van der Waals surface area contributed by atoms with Gasteiger partial charge in [-0.3, -0.25) is 38.3 Å². The van der Waals surface area contributed by atoms with Gasteiger partial charge in [-0.15, -0.1) is 0 Å². The molecule has 0 saturated carbocycles. The molecule has 0 spiro atoms. The lowest BCUT2D eigenvalue weighted by atomic mass is 9.87. The number of phosphoric ester groups is 3. The maximum Gasteiger partial charge on any atom is 0.481 e. The molecule has 2 fully saturated rings. The molecule has 11 bridgehead atoms. The van der Waals surface area contributed by atoms with Gasteiger partial charge in [0.15, 0.2) is 71.1 Å². The Bertz CT molecular complexity index is 6130. The summed E-state index contributed by atoms with van der Waals surface area (Å²) in [6.45, 7) is 1.65. The minimum absolute atomic E-state index is 0.0159. The molecule has 14 rings (SSSR count). The topological polar surface area (TPSA) is 841 Å². The largest absolute Gasteiger partial charge is 0.508 e. The number of phenols is 3. The van der Waals surface area contributed by atoms with E-state index in [1.807, 2.05) is 13.8 Å². The van der Waals surface area contributed by atoms with Crippen LogP contribution < -0.4 is 25.3 Å². The number of thioether (sulfide) groups is 1. The molecule has 28 N–H and O–H groups in total. The van der Waals surface area contributed by atoms with Gasteiger partial charge in [0.05, 0.1) is 61.7 Å². The average Bonchev–Trinajstić information content (AvgIpc) is 1.58. The molecule has 58 heteroatoms. The lowest BCUT2D eigenvalue weighted by molar-refractivity contribution is -0.277. The van der Waals surface area contributed by atoms with Gasteiger partial charge < -0.3 is 156 Å². The fraction of sp³-hybridized carbons (Fsp3) is 0.438. The molecule has 7 aliphatic heterocycles. The zero-order valence-electron chi connectivity index (χ0n) is 72.6. The van der Waals surface area contributed by atoms with Gasteiger partial charge in [-0.05, 0) is 96.2 Å². The Morgan fingerprint density at radius 2 is 1.31 bits per heavy atom. The molecule has 9 heterocycles. The van der Waals surface area contributed by atoms with Crippen LogP contribution in [0.2, 0.25) is 10.0 Å². The van der Waals surface area contributed by atoms with Crippen LogP contribution in [-0.4, -0.2) is 324 Å². The summed E-state index contributed by atoms with van der Waals surface area (Å²) in [4.78, 5) is 101. The van der Waals surface area contributed by atoms with Crippen molar-refractivity contribution in [3.8, 4) is 57.1 Å². The Morgan fingerprint density at radius 3 is 1.94 bits per heavy atom. The van der Waals surface area contributed by atoms with E-state index in [4.69, 9.17) is 71.6 Å². The van der Waals surface area contributed by atoms with Crippen LogP contribution in [0.1, 0.15) is 111 Å². The molecule has 21 atom stereocenters. The van der Waals surface area contributed by atoms with Crippen molar-refractivity contribution in [1.82, 2.24) is 24.8 Å². The van der Waals surface area contributed by atoms with Crippen molar-refractivity contribution in [2.75, 3.05) is 51.4 Å². The van der Waals surface area contributed by atoms with Gasteiger partial charge >= 0.3 is 23.5 Å². The first-order chi connectivity index (χ1) is 64.8. The maximum absolute atomic E-state index is 15.1. The number of fused-ring (bicyclic) bond motifs is 13. The van der Waals surface area contributed by atoms with Crippen LogP contribution in [0.3, 0.4) is 0 Å². The van der Waals surface area contributed by atoms with Crippen molar-refractivity contribution in [2.24, 2.45) is 51.3 Å². The number of nitrogens with two attached hydrogens (primary N) is 1. The van der Waals surface area contributed by atoms with E-state index >= 15 is 4.79 Å². The molecule has 5 aromatic carbocycles. The molecule has 21 unspecified atom stereocenters. The van der Waals surface area contributed by atoms with Crippen molar-refractivity contribution in [3.63, 3.8) is 0 Å². The van der Waals surface area contributed by atoms with Crippen molar-refractivity contribution in [3.05, 3.63) is 129 Å². The van der Waals surface area contributed by atoms with Gasteiger partial charge in [0.2, 0.25) is 52.5 Å². The van der Waals surface area contributed by atoms with Crippen molar-refractivity contribution < 1.29 is 182 Å². The van der Waals surface area contributed by atoms with E-state index in [0.717, 1.165) is 97.8 Å². The highest BCUT2D eigenvalue weighted by Gasteiger charge is 2.52. The molecule has 2 saturated heterocycles. The van der Waals surface area contributed by atoms with Crippen LogP contribution in [0.15, 0.2) is 131 Å². The van der Waals surface area contributed by atoms with E-state index in [9.17, 15) is 135 Å². The number of imidazole rings is 1. The summed E-state index contributed by atoms with van der Waals surface area (Å²) in [5.74, 6) is -16.1. The molecular formula is C80H96Cl2N15O37P3S. The number of hydrogen-bond donors (Lipinski definition) is 27. The summed E-state index contributed by atoms with van der Waals surface area (Å²) >= 11 is 14.5. The second-order valence-corrected chi connectivity index (χ2v) is 38.8. The van der Waals surface area contributed by atoms with Crippen LogP contribution in [0.4, 0.5) is 5.82 Å². The summed E-state index contributed by atoms with van der Waals surface area (Å²) in [6, 6.07) is -0.990. The number of benzene rings is 5. The number of phenolic OH excluding ortho intramolecular Hbond substituents is 3. The maximum atomic E-state index is 15.1. The number of halogens is 2. The van der Waals surface area contributed by atoms with Gasteiger partial charge in [0.25, 0.3) is 0 Å². The SMILES string of the molecule is CNC(CC(C)C)C(O)=NC1C(O)=NC(CC(=N)O)C(O)=NC2C(O)=NC3C(O)=NC(C(O)=NC(C(=O)SCCN=C(O)CCN=C(O)C(O)C(C)(C)COP(=O)(O)OP(=O)(O)OCC4OC(n5cnc6c(N)ncnc65)C(O)C4OP(=O)(O)O)c4cc(O)cc(O)c4-c4cc3ccc4O)C(O)c3ccc(c(Cl)c3)Oc3cc2cc(c3OC2OC(CO)C(O)C(O)C2O)Oc2ccc(cc2Cl)C1O. The molecule has 7 aromatic rings. The van der Waals surface area contributed by atoms with E-state index in [-0.39, 0.29) is 56.8 Å². The third-order valence-electron chi connectivity index (χ3n) is 21.7. The van der Waals surface area contributed by atoms with Gasteiger partial charge in [-0.25, -0.2) is 58.6 Å². The number of rotatable bonds is 30. The highest BCUT2D eigenvalue weighted by molar-refractivity contribution is 8.13. The first-order valence-corrected chi connectivity index (χ1v) is 47.5. The summed E-state index contributed by atoms with van der Waals surface area (Å²) in [6.07, 6.45) is -23.3. The number of nitrogens with one attached hydrogen (secondary N) is 2. The lowest BCUT2D eigenvalue weighted by Gasteiger charge is -2.39. The second kappa shape index (κ2) is 43.8. The van der Waals surface area contributed by atoms with Crippen LogP contribution in [0, 0.1) is 16.7 Å². The highest BCUT2D eigenvalue weighted by atomic mass is 35.5. The zero-order chi connectivity index (χ0) is 101. The Kier molecular flexibility index (Phi) is 33.6. The van der Waals surface area contributed by atoms with E-state index < -0.39 is 322 Å². The number of nitrogen functional groups attached to an aromatic ring is 1. The summed E-state index contributed by atoms with van der Waals surface area (Å²) in [5.41, 5.74) is 1.04. The fourth-order valence-corrected chi connectivity index (χ4v) is 18.7. The molecule has 0 radical (unpaired) electrons. The Morgan fingerprint density at radius 1 is 0.681 bits per heavy atom. The Balaban J connectivity index is 0.849. The number of hydrogen-bond acceptors (Lipinski definition) is 39. The van der Waals surface area contributed by atoms with E-state index in [1.54, 1.807) is 0 Å². The first-order valence-electron chi connectivity index (χ1n) is 41.2. The summed E-state index contributed by atoms with van der Waals surface area (Å²) in [7, 11) is -15.5. The lowest BCUT2D eigenvalue weighted by Crippen LogP contribution is -2.60. The van der Waals surface area contributed by atoms with Crippen LogP contribution in [0.5, 0.6) is 46.0 Å². The van der Waals surface area contributed by atoms with E-state index in [0.29, 0.717) is 11.8 Å². The summed E-state index contributed by atoms with van der Waals surface area (Å²) in [5, 5.41) is 243. The number of aliphatic hydroxyl groups excluding tert-OH is 17. The summed E-state index contributed by atoms with van der Waals surface area (Å²) < 4.78 is 88.8. The molecule has 7 aliphatic rings. The number of carbonyl (C=O) groups excluding carboxylic acids is 1. The number of aromatic hydroxyl groups is 3. The van der Waals surface area contributed by atoms with Crippen molar-refractivity contribution >= 4 is 134 Å². The number of aromatic nitrogens is 4. The molecule has 2 aromatic heterocycles. The normalized spacial score (nSPS) is 26.0. The number of likely N-dealkylation sites (N-methyl/N-ethyl adjacent to an activating group) is 1. The second-order valence-electron chi connectivity index (χ2n) is 32.6. The zero-order valence-corrected chi connectivity index (χ0v) is 77.6. The third-order valence-corrected chi connectivity index (χ3v) is 26.3. The molecule has 0 aliphatic carbocycles. The minimum Gasteiger partial charge on any atom is -0.508 e. The number of aliphatic imine (C=N–C) groups is 8. The quantitative estimate of drug-likeness (QED) is 0.0103. The minimum atomic E-state index is -5.77. The molecule has 138 heavy (non-hydrogen) atoms. The molecular weight excluding hydrogens is 1960 g/mol. The number of nitrogens with zero attached hydrogens (tertiary/aromatic N) is 12. The predicted molar refractivity (Wildman–Crippen MR) is 489 cm³/mol. The van der Waals surface area contributed by atoms with Crippen molar-refractivity contribution in [2.45, 2.75) is 163 Å². The number of phosphoric acid groups is 3. The van der Waals surface area contributed by atoms with E-state index in [2.05, 4.69) is 64.5 Å². The Hall–Kier alpha value is -11.0. The average molecular weight is 2060 g/mol. The van der Waals surface area contributed by atoms with Crippen LogP contribution in [-0.2, 0) is 45.8 Å². The smallest absolute Gasteiger partial charge is 0.481 e. The Labute approximate surface area is 793 Å². The molecule has 0 amide bonds. The number of aliphatic hydroxyl groups is 17. The van der Waals surface area contributed by atoms with Gasteiger partial charge in [-0.2, -0.15) is 4.31 Å². The molecule has 52 nitrogen and oxygen atoms in total. The molecule has 748 valence electrons. The fourth-order valence-electron chi connectivity index (χ4n) is 14.7. The number of carbonyl (C=O) groups is 1. The highest BCUT2D eigenvalue weighted by Crippen LogP contribution is 2.62. The number of ether oxygens (including phenoxy) is 5. The van der Waals surface area contributed by atoms with Gasteiger partial charge in [0, 0.05) is 40.3 Å². The van der Waals surface area contributed by atoms with Crippen LogP contribution in [0.25, 0.3) is 22.3 Å². The number of anilines is 1. The van der Waals surface area contributed by atoms with E-state index in [1.165, 1.54) is 19.2 Å².